The minimum atomic E-state index is 0.0359. The zero-order valence-electron chi connectivity index (χ0n) is 10.7. The second-order valence-electron chi connectivity index (χ2n) is 4.20. The number of amides is 1. The van der Waals surface area contributed by atoms with Gasteiger partial charge in [-0.05, 0) is 17.9 Å². The summed E-state index contributed by atoms with van der Waals surface area (Å²) in [4.78, 5) is 14.9. The maximum Gasteiger partial charge on any atom is 0.265 e. The van der Waals surface area contributed by atoms with E-state index in [0.717, 1.165) is 25.1 Å². The molecule has 2 heterocycles. The molecule has 0 atom stereocenters. The molecule has 2 rings (SSSR count). The topological polar surface area (TPSA) is 49.8 Å². The molecule has 1 fully saturated rings. The monoisotopic (exact) mass is 279 g/mol. The van der Waals surface area contributed by atoms with Crippen molar-refractivity contribution in [1.29, 1.82) is 0 Å². The molecule has 1 aliphatic rings. The van der Waals surface area contributed by atoms with Crippen LogP contribution >= 0.6 is 11.3 Å². The van der Waals surface area contributed by atoms with E-state index in [1.54, 1.807) is 0 Å². The number of ether oxygens (including phenoxy) is 1. The largest absolute Gasteiger partial charge is 0.395 e. The zero-order valence-corrected chi connectivity index (χ0v) is 11.5. The number of aliphatic hydroxyl groups is 1. The van der Waals surface area contributed by atoms with Crippen LogP contribution in [0.3, 0.4) is 0 Å². The Morgan fingerprint density at radius 3 is 3.21 bits per heavy atom. The highest BCUT2D eigenvalue weighted by Gasteiger charge is 2.20. The normalized spacial score (nSPS) is 15.5. The van der Waals surface area contributed by atoms with Gasteiger partial charge in [0.1, 0.15) is 4.88 Å². The van der Waals surface area contributed by atoms with Crippen molar-refractivity contribution in [3.63, 3.8) is 0 Å². The minimum Gasteiger partial charge on any atom is -0.395 e. The van der Waals surface area contributed by atoms with Gasteiger partial charge in [0.15, 0.2) is 0 Å². The van der Waals surface area contributed by atoms with Crippen LogP contribution in [0.4, 0.5) is 0 Å². The number of aliphatic hydroxyl groups excluding tert-OH is 1. The van der Waals surface area contributed by atoms with Crippen LogP contribution in [-0.2, 0) is 4.74 Å². The summed E-state index contributed by atoms with van der Waals surface area (Å²) in [5.41, 5.74) is 0.758. The molecule has 19 heavy (non-hydrogen) atoms. The highest BCUT2D eigenvalue weighted by molar-refractivity contribution is 7.12. The maximum absolute atomic E-state index is 12.4. The van der Waals surface area contributed by atoms with E-state index in [2.05, 4.69) is 11.8 Å². The number of carbonyl (C=O) groups excluding carboxylic acids is 1. The van der Waals surface area contributed by atoms with Crippen molar-refractivity contribution in [3.8, 4) is 11.8 Å². The van der Waals surface area contributed by atoms with Gasteiger partial charge in [-0.15, -0.1) is 11.3 Å². The van der Waals surface area contributed by atoms with Crippen molar-refractivity contribution in [2.45, 2.75) is 12.8 Å². The molecule has 0 radical (unpaired) electrons. The average Bonchev–Trinajstić information content (AvgIpc) is 2.72. The average molecular weight is 279 g/mol. The molecule has 0 spiro atoms. The summed E-state index contributed by atoms with van der Waals surface area (Å²) in [6.45, 7) is 2.74. The Labute approximate surface area is 117 Å². The molecule has 0 bridgehead atoms. The summed E-state index contributed by atoms with van der Waals surface area (Å²) >= 11 is 1.42. The fourth-order valence-corrected chi connectivity index (χ4v) is 2.70. The van der Waals surface area contributed by atoms with Crippen LogP contribution in [-0.4, -0.2) is 48.8 Å². The molecule has 0 aliphatic carbocycles. The van der Waals surface area contributed by atoms with Gasteiger partial charge in [0.05, 0.1) is 13.2 Å². The van der Waals surface area contributed by atoms with Crippen LogP contribution < -0.4 is 0 Å². The summed E-state index contributed by atoms with van der Waals surface area (Å²) in [6, 6.07) is 1.86. The summed E-state index contributed by atoms with van der Waals surface area (Å²) in [5.74, 6) is 5.85. The van der Waals surface area contributed by atoms with E-state index in [9.17, 15) is 4.79 Å². The van der Waals surface area contributed by atoms with E-state index >= 15 is 0 Å². The number of carbonyl (C=O) groups is 1. The van der Waals surface area contributed by atoms with Crippen molar-refractivity contribution in [3.05, 3.63) is 21.9 Å². The third-order valence-electron chi connectivity index (χ3n) is 2.83. The maximum atomic E-state index is 12.4. The first-order chi connectivity index (χ1) is 9.33. The van der Waals surface area contributed by atoms with Gasteiger partial charge in [0.2, 0.25) is 0 Å². The molecule has 1 aromatic rings. The van der Waals surface area contributed by atoms with Crippen LogP contribution in [0, 0.1) is 11.8 Å². The SMILES string of the molecule is O=C(c1sccc1C#CCCO)N1CCCOCC1. The molecule has 1 aromatic heterocycles. The number of hydrogen-bond donors (Lipinski definition) is 1. The summed E-state index contributed by atoms with van der Waals surface area (Å²) in [5, 5.41) is 10.6. The van der Waals surface area contributed by atoms with Gasteiger partial charge in [-0.3, -0.25) is 4.79 Å². The van der Waals surface area contributed by atoms with E-state index in [-0.39, 0.29) is 12.5 Å². The van der Waals surface area contributed by atoms with E-state index < -0.39 is 0 Å². The van der Waals surface area contributed by atoms with Gasteiger partial charge in [0.25, 0.3) is 5.91 Å². The van der Waals surface area contributed by atoms with Crippen molar-refractivity contribution in [2.24, 2.45) is 0 Å². The van der Waals surface area contributed by atoms with Crippen LogP contribution in [0.25, 0.3) is 0 Å². The van der Waals surface area contributed by atoms with Crippen LogP contribution in [0.2, 0.25) is 0 Å². The lowest BCUT2D eigenvalue weighted by Gasteiger charge is -2.18. The van der Waals surface area contributed by atoms with E-state index in [4.69, 9.17) is 9.84 Å². The summed E-state index contributed by atoms with van der Waals surface area (Å²) in [6.07, 6.45) is 1.31. The Bertz CT molecular complexity index is 478. The van der Waals surface area contributed by atoms with Gasteiger partial charge >= 0.3 is 0 Å². The smallest absolute Gasteiger partial charge is 0.265 e. The molecule has 0 saturated carbocycles. The molecule has 4 nitrogen and oxygen atoms in total. The molecule has 102 valence electrons. The van der Waals surface area contributed by atoms with Gasteiger partial charge in [-0.25, -0.2) is 0 Å². The highest BCUT2D eigenvalue weighted by Crippen LogP contribution is 2.19. The summed E-state index contributed by atoms with van der Waals surface area (Å²) in [7, 11) is 0. The molecule has 0 aromatic carbocycles. The fraction of sp³-hybridized carbons (Fsp3) is 0.500. The second kappa shape index (κ2) is 7.29. The van der Waals surface area contributed by atoms with Gasteiger partial charge in [-0.2, -0.15) is 0 Å². The molecular weight excluding hydrogens is 262 g/mol. The zero-order chi connectivity index (χ0) is 13.5. The van der Waals surface area contributed by atoms with E-state index in [1.165, 1.54) is 11.3 Å². The molecule has 5 heteroatoms. The second-order valence-corrected chi connectivity index (χ2v) is 5.11. The van der Waals surface area contributed by atoms with Gasteiger partial charge in [-0.1, -0.05) is 11.8 Å². The van der Waals surface area contributed by atoms with E-state index in [1.807, 2.05) is 16.3 Å². The molecule has 0 unspecified atom stereocenters. The Morgan fingerprint density at radius 2 is 2.37 bits per heavy atom. The van der Waals surface area contributed by atoms with Gasteiger partial charge in [0, 0.05) is 31.7 Å². The third-order valence-corrected chi connectivity index (χ3v) is 3.73. The number of thiophene rings is 1. The first-order valence-corrected chi connectivity index (χ1v) is 7.25. The van der Waals surface area contributed by atoms with Crippen LogP contribution in [0.15, 0.2) is 11.4 Å². The lowest BCUT2D eigenvalue weighted by atomic mass is 10.2. The molecule has 1 saturated heterocycles. The van der Waals surface area contributed by atoms with Crippen molar-refractivity contribution in [2.75, 3.05) is 32.9 Å². The quantitative estimate of drug-likeness (QED) is 0.831. The minimum absolute atomic E-state index is 0.0359. The molecular formula is C14H17NO3S. The molecule has 1 aliphatic heterocycles. The van der Waals surface area contributed by atoms with Crippen molar-refractivity contribution >= 4 is 17.2 Å². The Hall–Kier alpha value is -1.35. The standard InChI is InChI=1S/C14H17NO3S/c16-8-2-1-4-12-5-11-19-13(12)14(17)15-6-3-9-18-10-7-15/h5,11,16H,2-3,6-10H2. The predicted molar refractivity (Wildman–Crippen MR) is 74.2 cm³/mol. The van der Waals surface area contributed by atoms with Crippen LogP contribution in [0.5, 0.6) is 0 Å². The molecule has 1 N–H and O–H groups in total. The van der Waals surface area contributed by atoms with Crippen LogP contribution in [0.1, 0.15) is 28.1 Å². The lowest BCUT2D eigenvalue weighted by molar-refractivity contribution is 0.0746. The first kappa shape index (κ1) is 14.1. The fourth-order valence-electron chi connectivity index (χ4n) is 1.88. The number of rotatable bonds is 2. The Morgan fingerprint density at radius 1 is 1.47 bits per heavy atom. The highest BCUT2D eigenvalue weighted by atomic mass is 32.1. The number of hydrogen-bond acceptors (Lipinski definition) is 4. The van der Waals surface area contributed by atoms with Crippen molar-refractivity contribution in [1.82, 2.24) is 4.90 Å². The Kier molecular flexibility index (Phi) is 5.40. The Balaban J connectivity index is 2.10. The van der Waals surface area contributed by atoms with Gasteiger partial charge < -0.3 is 14.7 Å². The summed E-state index contributed by atoms with van der Waals surface area (Å²) < 4.78 is 5.36. The van der Waals surface area contributed by atoms with E-state index in [0.29, 0.717) is 24.4 Å². The lowest BCUT2D eigenvalue weighted by Crippen LogP contribution is -2.33. The third kappa shape index (κ3) is 3.80. The molecule has 1 amide bonds. The first-order valence-electron chi connectivity index (χ1n) is 6.37. The predicted octanol–water partition coefficient (Wildman–Crippen LogP) is 1.34. The number of nitrogens with zero attached hydrogens (tertiary/aromatic N) is 1. The van der Waals surface area contributed by atoms with Crippen molar-refractivity contribution < 1.29 is 14.6 Å².